The summed E-state index contributed by atoms with van der Waals surface area (Å²) in [7, 11) is 0. The number of amides is 1. The van der Waals surface area contributed by atoms with Crippen LogP contribution < -0.4 is 10.6 Å². The zero-order chi connectivity index (χ0) is 13.2. The summed E-state index contributed by atoms with van der Waals surface area (Å²) in [6.45, 7) is 9.02. The number of hydrogen-bond donors (Lipinski definition) is 2. The van der Waals surface area contributed by atoms with Crippen LogP contribution in [0.4, 0.5) is 0 Å². The van der Waals surface area contributed by atoms with Crippen LogP contribution in [0.25, 0.3) is 0 Å². The molecule has 0 saturated carbocycles. The van der Waals surface area contributed by atoms with Crippen molar-refractivity contribution in [3.63, 3.8) is 0 Å². The van der Waals surface area contributed by atoms with Crippen molar-refractivity contribution in [2.45, 2.75) is 52.3 Å². The molecule has 0 unspecified atom stereocenters. The molecule has 0 aromatic carbocycles. The average molecular weight is 240 g/mol. The Morgan fingerprint density at radius 3 is 2.53 bits per heavy atom. The topological polar surface area (TPSA) is 67.4 Å². The van der Waals surface area contributed by atoms with Crippen molar-refractivity contribution in [1.82, 2.24) is 10.6 Å². The number of esters is 1. The number of nitrogens with one attached hydrogen (secondary N) is 2. The van der Waals surface area contributed by atoms with E-state index in [-0.39, 0.29) is 17.9 Å². The lowest BCUT2D eigenvalue weighted by Crippen LogP contribution is -2.41. The van der Waals surface area contributed by atoms with Gasteiger partial charge in [-0.1, -0.05) is 0 Å². The van der Waals surface area contributed by atoms with Gasteiger partial charge in [-0.15, -0.1) is 0 Å². The van der Waals surface area contributed by atoms with Crippen molar-refractivity contribution < 1.29 is 14.3 Å². The monoisotopic (exact) mass is 240 g/mol. The van der Waals surface area contributed by atoms with Crippen molar-refractivity contribution in [1.29, 1.82) is 0 Å². The lowest BCUT2D eigenvalue weighted by molar-refractivity contribution is -0.156. The molecule has 2 atom stereocenters. The molecule has 17 heavy (non-hydrogen) atoms. The molecule has 5 nitrogen and oxygen atoms in total. The highest BCUT2D eigenvalue weighted by Crippen LogP contribution is 2.11. The van der Waals surface area contributed by atoms with Gasteiger partial charge < -0.3 is 15.4 Å². The van der Waals surface area contributed by atoms with Crippen LogP contribution in [0, 0.1) is 0 Å². The van der Waals surface area contributed by atoms with E-state index in [4.69, 9.17) is 4.74 Å². The van der Waals surface area contributed by atoms with Gasteiger partial charge in [0.05, 0.1) is 6.04 Å². The van der Waals surface area contributed by atoms with Crippen LogP contribution in [0.15, 0.2) is 11.8 Å². The number of hydrogen-bond acceptors (Lipinski definition) is 4. The minimum Gasteiger partial charge on any atom is -0.458 e. The first-order chi connectivity index (χ1) is 7.69. The molecule has 0 aromatic rings. The quantitative estimate of drug-likeness (QED) is 0.713. The van der Waals surface area contributed by atoms with Crippen molar-refractivity contribution in [3.05, 3.63) is 11.8 Å². The molecule has 0 fully saturated rings. The van der Waals surface area contributed by atoms with Gasteiger partial charge in [-0.25, -0.2) is 4.79 Å². The third-order valence-electron chi connectivity index (χ3n) is 2.26. The number of carbonyl (C=O) groups is 2. The number of rotatable bonds is 3. The Kier molecular flexibility index (Phi) is 3.80. The average Bonchev–Trinajstić information content (AvgIpc) is 2.42. The highest BCUT2D eigenvalue weighted by molar-refractivity contribution is 5.91. The van der Waals surface area contributed by atoms with Gasteiger partial charge in [0.2, 0.25) is 5.91 Å². The predicted molar refractivity (Wildman–Crippen MR) is 64.1 cm³/mol. The molecular weight excluding hydrogens is 220 g/mol. The molecular formula is C12H20N2O3. The van der Waals surface area contributed by atoms with E-state index in [1.165, 1.54) is 6.08 Å². The highest BCUT2D eigenvalue weighted by Gasteiger charge is 2.26. The maximum atomic E-state index is 11.7. The first-order valence-corrected chi connectivity index (χ1v) is 5.70. The third-order valence-corrected chi connectivity index (χ3v) is 2.26. The van der Waals surface area contributed by atoms with Crippen LogP contribution in [0.2, 0.25) is 0 Å². The summed E-state index contributed by atoms with van der Waals surface area (Å²) in [5.74, 6) is -0.471. The van der Waals surface area contributed by atoms with Crippen LogP contribution in [0.3, 0.4) is 0 Å². The summed E-state index contributed by atoms with van der Waals surface area (Å²) in [6, 6.07) is -0.567. The maximum Gasteiger partial charge on any atom is 0.328 e. The van der Waals surface area contributed by atoms with E-state index in [0.717, 1.165) is 0 Å². The molecule has 1 aliphatic heterocycles. The molecule has 1 aliphatic rings. The second-order valence-electron chi connectivity index (χ2n) is 5.23. The summed E-state index contributed by atoms with van der Waals surface area (Å²) in [5.41, 5.74) is 0.213. The number of carbonyl (C=O) groups excluding carboxylic acids is 2. The van der Waals surface area contributed by atoms with E-state index >= 15 is 0 Å². The largest absolute Gasteiger partial charge is 0.458 e. The third kappa shape index (κ3) is 4.09. The van der Waals surface area contributed by atoms with Gasteiger partial charge in [-0.05, 0) is 34.6 Å². The molecule has 2 N–H and O–H groups in total. The Hall–Kier alpha value is -1.52. The Labute approximate surface area is 102 Å². The van der Waals surface area contributed by atoms with Gasteiger partial charge in [-0.3, -0.25) is 4.79 Å². The van der Waals surface area contributed by atoms with Gasteiger partial charge in [0.15, 0.2) is 0 Å². The fraction of sp³-hybridized carbons (Fsp3) is 0.667. The SMILES string of the molecule is C[C@H](NC1=CC(=O)N[C@H]1C)C(=O)OC(C)(C)C. The van der Waals surface area contributed by atoms with Crippen molar-refractivity contribution in [2.24, 2.45) is 0 Å². The van der Waals surface area contributed by atoms with E-state index in [0.29, 0.717) is 5.70 Å². The minimum absolute atomic E-state index is 0.0904. The molecule has 0 aliphatic carbocycles. The Balaban J connectivity index is 2.55. The normalized spacial score (nSPS) is 21.6. The summed E-state index contributed by atoms with van der Waals surface area (Å²) >= 11 is 0. The summed E-state index contributed by atoms with van der Waals surface area (Å²) in [6.07, 6.45) is 1.46. The van der Waals surface area contributed by atoms with Crippen LogP contribution in [-0.2, 0) is 14.3 Å². The number of ether oxygens (including phenoxy) is 1. The lowest BCUT2D eigenvalue weighted by Gasteiger charge is -2.24. The first-order valence-electron chi connectivity index (χ1n) is 5.70. The fourth-order valence-electron chi connectivity index (χ4n) is 1.46. The van der Waals surface area contributed by atoms with Crippen molar-refractivity contribution in [2.75, 3.05) is 0 Å². The van der Waals surface area contributed by atoms with Crippen LogP contribution >= 0.6 is 0 Å². The van der Waals surface area contributed by atoms with Gasteiger partial charge in [-0.2, -0.15) is 0 Å². The summed E-state index contributed by atoms with van der Waals surface area (Å²) < 4.78 is 5.24. The zero-order valence-corrected chi connectivity index (χ0v) is 11.0. The molecule has 1 rings (SSSR count). The van der Waals surface area contributed by atoms with Crippen molar-refractivity contribution in [3.8, 4) is 0 Å². The zero-order valence-electron chi connectivity index (χ0n) is 11.0. The second kappa shape index (κ2) is 4.77. The highest BCUT2D eigenvalue weighted by atomic mass is 16.6. The molecule has 0 bridgehead atoms. The van der Waals surface area contributed by atoms with E-state index in [1.807, 2.05) is 27.7 Å². The van der Waals surface area contributed by atoms with E-state index in [2.05, 4.69) is 10.6 Å². The molecule has 96 valence electrons. The van der Waals surface area contributed by atoms with Crippen LogP contribution in [0.5, 0.6) is 0 Å². The molecule has 0 radical (unpaired) electrons. The Morgan fingerprint density at radius 2 is 2.12 bits per heavy atom. The van der Waals surface area contributed by atoms with Gasteiger partial charge in [0, 0.05) is 11.8 Å². The summed E-state index contributed by atoms with van der Waals surface area (Å²) in [5, 5.41) is 5.70. The minimum atomic E-state index is -0.503. The van der Waals surface area contributed by atoms with E-state index < -0.39 is 11.6 Å². The molecule has 1 amide bonds. The molecule has 1 heterocycles. The standard InChI is InChI=1S/C12H20N2O3/c1-7-9(6-10(15)14-7)13-8(2)11(16)17-12(3,4)5/h6-8,13H,1-5H3,(H,14,15)/t7-,8-/m0/s1. The van der Waals surface area contributed by atoms with Crippen molar-refractivity contribution >= 4 is 11.9 Å². The molecule has 5 heteroatoms. The Bertz CT molecular complexity index is 355. The maximum absolute atomic E-state index is 11.7. The molecule has 0 spiro atoms. The summed E-state index contributed by atoms with van der Waals surface area (Å²) in [4.78, 5) is 22.8. The van der Waals surface area contributed by atoms with E-state index in [1.54, 1.807) is 6.92 Å². The van der Waals surface area contributed by atoms with E-state index in [9.17, 15) is 9.59 Å². The lowest BCUT2D eigenvalue weighted by atomic mass is 10.2. The molecule has 0 aromatic heterocycles. The second-order valence-corrected chi connectivity index (χ2v) is 5.23. The van der Waals surface area contributed by atoms with Crippen LogP contribution in [-0.4, -0.2) is 29.6 Å². The Morgan fingerprint density at radius 1 is 1.53 bits per heavy atom. The first kappa shape index (κ1) is 13.5. The van der Waals surface area contributed by atoms with Crippen LogP contribution in [0.1, 0.15) is 34.6 Å². The molecule has 0 saturated heterocycles. The van der Waals surface area contributed by atoms with Gasteiger partial charge in [0.25, 0.3) is 0 Å². The van der Waals surface area contributed by atoms with Gasteiger partial charge in [0.1, 0.15) is 11.6 Å². The smallest absolute Gasteiger partial charge is 0.328 e. The fourth-order valence-corrected chi connectivity index (χ4v) is 1.46. The predicted octanol–water partition coefficient (Wildman–Crippen LogP) is 0.708. The van der Waals surface area contributed by atoms with Gasteiger partial charge >= 0.3 is 5.97 Å².